The number of aliphatic hydroxyl groups is 1. The van der Waals surface area contributed by atoms with E-state index >= 15 is 0 Å². The molecule has 1 aromatic carbocycles. The highest BCUT2D eigenvalue weighted by molar-refractivity contribution is 5.99. The molecule has 192 valence electrons. The summed E-state index contributed by atoms with van der Waals surface area (Å²) in [6.07, 6.45) is 9.43. The molecule has 36 heavy (non-hydrogen) atoms. The van der Waals surface area contributed by atoms with E-state index in [1.165, 1.54) is 24.9 Å². The maximum Gasteiger partial charge on any atom is 0.255 e. The van der Waals surface area contributed by atoms with Crippen molar-refractivity contribution < 1.29 is 14.6 Å². The summed E-state index contributed by atoms with van der Waals surface area (Å²) in [6.45, 7) is 4.17. The van der Waals surface area contributed by atoms with Gasteiger partial charge in [0.2, 0.25) is 0 Å². The predicted molar refractivity (Wildman–Crippen MR) is 140 cm³/mol. The average Bonchev–Trinajstić information content (AvgIpc) is 3.17. The first-order valence-electron chi connectivity index (χ1n) is 13.7. The third-order valence-corrected chi connectivity index (χ3v) is 9.36. The van der Waals surface area contributed by atoms with Gasteiger partial charge < -0.3 is 20.9 Å². The number of carbonyl (C=O) groups is 1. The van der Waals surface area contributed by atoms with Crippen LogP contribution in [0.25, 0.3) is 11.1 Å². The Morgan fingerprint density at radius 3 is 2.50 bits per heavy atom. The van der Waals surface area contributed by atoms with Gasteiger partial charge in [-0.05, 0) is 74.5 Å². The highest BCUT2D eigenvalue weighted by atomic mass is 16.5. The minimum atomic E-state index is -0.250. The number of nitrogens with two attached hydrogens (primary N) is 1. The van der Waals surface area contributed by atoms with Gasteiger partial charge in [0.25, 0.3) is 5.91 Å². The van der Waals surface area contributed by atoms with Gasteiger partial charge in [-0.3, -0.25) is 9.69 Å². The largest absolute Gasteiger partial charge is 0.393 e. The lowest BCUT2D eigenvalue weighted by molar-refractivity contribution is 0.0406. The lowest BCUT2D eigenvalue weighted by Gasteiger charge is -2.45. The molecule has 4 N–H and O–H groups in total. The number of pyridine rings is 1. The summed E-state index contributed by atoms with van der Waals surface area (Å²) < 4.78 is 5.59. The lowest BCUT2D eigenvalue weighted by Crippen LogP contribution is -2.44. The van der Waals surface area contributed by atoms with Gasteiger partial charge >= 0.3 is 0 Å². The summed E-state index contributed by atoms with van der Waals surface area (Å²) in [6, 6.07) is 11.5. The lowest BCUT2D eigenvalue weighted by atomic mass is 9.58. The first-order chi connectivity index (χ1) is 17.5. The summed E-state index contributed by atoms with van der Waals surface area (Å²) in [5, 5.41) is 12.8. The Morgan fingerprint density at radius 2 is 1.81 bits per heavy atom. The molecule has 4 fully saturated rings. The van der Waals surface area contributed by atoms with Gasteiger partial charge in [0.1, 0.15) is 5.82 Å². The number of nitrogens with zero attached hydrogens (tertiary/aromatic N) is 2. The SMILES string of the molecule is Nc1ncc(-c2ccc([C@@]34CC[C@@H]3CN(C3CCOCC3)C4)cc2)cc1C(=O)N[C@H]1CC[C@H](O)CC1. The second-order valence-corrected chi connectivity index (χ2v) is 11.4. The maximum absolute atomic E-state index is 13.0. The Hall–Kier alpha value is -2.48. The van der Waals surface area contributed by atoms with Crippen LogP contribution in [0.4, 0.5) is 5.82 Å². The maximum atomic E-state index is 13.0. The highest BCUT2D eigenvalue weighted by Gasteiger charge is 2.54. The Bertz CT molecular complexity index is 1090. The van der Waals surface area contributed by atoms with Gasteiger partial charge in [-0.25, -0.2) is 4.98 Å². The van der Waals surface area contributed by atoms with Crippen LogP contribution in [-0.2, 0) is 10.2 Å². The molecule has 1 aromatic heterocycles. The monoisotopic (exact) mass is 490 g/mol. The van der Waals surface area contributed by atoms with Crippen LogP contribution in [-0.4, -0.2) is 65.4 Å². The second kappa shape index (κ2) is 9.77. The molecule has 2 aromatic rings. The van der Waals surface area contributed by atoms with Crippen LogP contribution in [0.5, 0.6) is 0 Å². The molecule has 6 rings (SSSR count). The second-order valence-electron chi connectivity index (χ2n) is 11.4. The number of rotatable bonds is 5. The summed E-state index contributed by atoms with van der Waals surface area (Å²) in [5.74, 6) is 0.815. The van der Waals surface area contributed by atoms with Crippen molar-refractivity contribution in [3.63, 3.8) is 0 Å². The van der Waals surface area contributed by atoms with Gasteiger partial charge in [0.05, 0.1) is 11.7 Å². The minimum Gasteiger partial charge on any atom is -0.393 e. The number of amides is 1. The molecule has 2 saturated carbocycles. The number of likely N-dealkylation sites (tertiary alicyclic amines) is 1. The molecular formula is C29H38N4O3. The minimum absolute atomic E-state index is 0.0741. The molecule has 2 saturated heterocycles. The topological polar surface area (TPSA) is 101 Å². The zero-order chi connectivity index (χ0) is 24.7. The molecule has 2 aliphatic carbocycles. The van der Waals surface area contributed by atoms with E-state index in [-0.39, 0.29) is 29.3 Å². The fourth-order valence-electron chi connectivity index (χ4n) is 6.97. The molecule has 0 radical (unpaired) electrons. The number of ether oxygens (including phenoxy) is 1. The Kier molecular flexibility index (Phi) is 6.48. The summed E-state index contributed by atoms with van der Waals surface area (Å²) in [7, 11) is 0. The van der Waals surface area contributed by atoms with Crippen molar-refractivity contribution in [2.24, 2.45) is 5.92 Å². The number of nitrogens with one attached hydrogen (secondary N) is 1. The van der Waals surface area contributed by atoms with Crippen LogP contribution >= 0.6 is 0 Å². The van der Waals surface area contributed by atoms with E-state index in [4.69, 9.17) is 10.5 Å². The highest BCUT2D eigenvalue weighted by Crippen LogP contribution is 2.54. The fraction of sp³-hybridized carbons (Fsp3) is 0.586. The molecule has 4 aliphatic rings. The molecule has 7 nitrogen and oxygen atoms in total. The number of carbonyl (C=O) groups excluding carboxylic acids is 1. The summed E-state index contributed by atoms with van der Waals surface area (Å²) >= 11 is 0. The van der Waals surface area contributed by atoms with Crippen molar-refractivity contribution in [3.8, 4) is 11.1 Å². The van der Waals surface area contributed by atoms with Gasteiger partial charge in [0.15, 0.2) is 0 Å². The summed E-state index contributed by atoms with van der Waals surface area (Å²) in [4.78, 5) is 20.0. The molecule has 0 spiro atoms. The van der Waals surface area contributed by atoms with Gasteiger partial charge in [-0.2, -0.15) is 0 Å². The van der Waals surface area contributed by atoms with Crippen molar-refractivity contribution in [2.75, 3.05) is 32.0 Å². The zero-order valence-electron chi connectivity index (χ0n) is 21.0. The van der Waals surface area contributed by atoms with E-state index in [0.717, 1.165) is 75.3 Å². The molecule has 3 heterocycles. The normalized spacial score (nSPS) is 31.0. The van der Waals surface area contributed by atoms with Crippen molar-refractivity contribution in [3.05, 3.63) is 47.7 Å². The van der Waals surface area contributed by atoms with Crippen LogP contribution in [0, 0.1) is 5.92 Å². The molecule has 0 bridgehead atoms. The molecule has 2 atom stereocenters. The van der Waals surface area contributed by atoms with Gasteiger partial charge in [-0.15, -0.1) is 0 Å². The molecule has 2 aliphatic heterocycles. The van der Waals surface area contributed by atoms with Gasteiger partial charge in [-0.1, -0.05) is 24.3 Å². The van der Waals surface area contributed by atoms with E-state index in [0.29, 0.717) is 11.6 Å². The third-order valence-electron chi connectivity index (χ3n) is 9.36. The third kappa shape index (κ3) is 4.42. The number of hydrogen-bond acceptors (Lipinski definition) is 6. The first-order valence-corrected chi connectivity index (χ1v) is 13.7. The molecule has 7 heteroatoms. The molecule has 0 unspecified atom stereocenters. The molecule has 1 amide bonds. The number of aromatic nitrogens is 1. The number of benzene rings is 1. The molecular weight excluding hydrogens is 452 g/mol. The van der Waals surface area contributed by atoms with Crippen LogP contribution in [0.2, 0.25) is 0 Å². The smallest absolute Gasteiger partial charge is 0.255 e. The summed E-state index contributed by atoms with van der Waals surface area (Å²) in [5.41, 5.74) is 10.2. The van der Waals surface area contributed by atoms with Crippen LogP contribution < -0.4 is 11.1 Å². The Labute approximate surface area is 213 Å². The van der Waals surface area contributed by atoms with Crippen LogP contribution in [0.3, 0.4) is 0 Å². The Morgan fingerprint density at radius 1 is 1.06 bits per heavy atom. The zero-order valence-corrected chi connectivity index (χ0v) is 21.0. The van der Waals surface area contributed by atoms with E-state index < -0.39 is 0 Å². The average molecular weight is 491 g/mol. The van der Waals surface area contributed by atoms with Crippen LogP contribution in [0.1, 0.15) is 67.3 Å². The fourth-order valence-corrected chi connectivity index (χ4v) is 6.97. The van der Waals surface area contributed by atoms with Crippen molar-refractivity contribution in [2.45, 2.75) is 75.0 Å². The first kappa shape index (κ1) is 23.9. The number of hydrogen-bond donors (Lipinski definition) is 3. The standard InChI is InChI=1S/C29H38N4O3/c30-27-26(28(35)32-23-5-7-25(34)8-6-23)15-20(16-31-27)19-1-3-21(4-2-19)29-12-9-22(29)17-33(18-29)24-10-13-36-14-11-24/h1-4,15-16,22-25,34H,5-14,17-18H2,(H2,30,31)(H,32,35)/t22-,23-,25-,29+/m1/s1. The Balaban J connectivity index is 1.17. The van der Waals surface area contributed by atoms with Crippen molar-refractivity contribution in [1.82, 2.24) is 15.2 Å². The number of anilines is 1. The van der Waals surface area contributed by atoms with Crippen molar-refractivity contribution >= 4 is 11.7 Å². The quantitative estimate of drug-likeness (QED) is 0.593. The van der Waals surface area contributed by atoms with Crippen LogP contribution in [0.15, 0.2) is 36.5 Å². The number of aliphatic hydroxyl groups excluding tert-OH is 1. The van der Waals surface area contributed by atoms with E-state index in [1.54, 1.807) is 6.20 Å². The number of nitrogen functional groups attached to an aromatic ring is 1. The van der Waals surface area contributed by atoms with E-state index in [9.17, 15) is 9.90 Å². The van der Waals surface area contributed by atoms with E-state index in [2.05, 4.69) is 39.5 Å². The van der Waals surface area contributed by atoms with E-state index in [1.807, 2.05) is 6.07 Å². The predicted octanol–water partition coefficient (Wildman–Crippen LogP) is 3.51. The van der Waals surface area contributed by atoms with Crippen molar-refractivity contribution in [1.29, 1.82) is 0 Å². The van der Waals surface area contributed by atoms with Gasteiger partial charge in [0, 0.05) is 55.6 Å². The number of fused-ring (bicyclic) bond motifs is 1.